The molecule has 74 valence electrons. The molecule has 0 aliphatic heterocycles. The fourth-order valence-corrected chi connectivity index (χ4v) is 2.80. The lowest BCUT2D eigenvalue weighted by Gasteiger charge is -2.34. The molecule has 2 fully saturated rings. The van der Waals surface area contributed by atoms with E-state index < -0.39 is 0 Å². The molecule has 2 heteroatoms. The van der Waals surface area contributed by atoms with Crippen LogP contribution in [0.2, 0.25) is 0 Å². The van der Waals surface area contributed by atoms with Gasteiger partial charge in [-0.3, -0.25) is 4.79 Å². The maximum atomic E-state index is 11.7. The van der Waals surface area contributed by atoms with E-state index in [1.165, 1.54) is 39.2 Å². The van der Waals surface area contributed by atoms with Crippen LogP contribution in [0.3, 0.4) is 0 Å². The second-order valence-corrected chi connectivity index (χ2v) is 4.48. The van der Waals surface area contributed by atoms with Gasteiger partial charge in [-0.15, -0.1) is 0 Å². The first kappa shape index (κ1) is 9.04. The number of ether oxygens (including phenoxy) is 1. The Labute approximate surface area is 79.7 Å². The molecule has 2 aliphatic carbocycles. The predicted octanol–water partition coefficient (Wildman–Crippen LogP) is 2.52. The third kappa shape index (κ3) is 1.47. The highest BCUT2D eigenvalue weighted by atomic mass is 16.5. The highest BCUT2D eigenvalue weighted by molar-refractivity contribution is 5.77. The summed E-state index contributed by atoms with van der Waals surface area (Å²) < 4.78 is 4.96. The fourth-order valence-electron chi connectivity index (χ4n) is 2.80. The molecule has 0 aromatic rings. The van der Waals surface area contributed by atoms with Crippen molar-refractivity contribution in [1.29, 1.82) is 0 Å². The van der Waals surface area contributed by atoms with Crippen LogP contribution in [0, 0.1) is 11.3 Å². The topological polar surface area (TPSA) is 26.3 Å². The second-order valence-electron chi connectivity index (χ2n) is 4.48. The number of esters is 1. The van der Waals surface area contributed by atoms with E-state index in [0.717, 1.165) is 12.8 Å². The Kier molecular flexibility index (Phi) is 2.31. The first-order valence-corrected chi connectivity index (χ1v) is 5.38. The summed E-state index contributed by atoms with van der Waals surface area (Å²) >= 11 is 0. The van der Waals surface area contributed by atoms with Crippen molar-refractivity contribution in [2.45, 2.75) is 44.9 Å². The summed E-state index contributed by atoms with van der Waals surface area (Å²) in [7, 11) is 1.53. The van der Waals surface area contributed by atoms with Crippen molar-refractivity contribution in [2.75, 3.05) is 7.11 Å². The van der Waals surface area contributed by atoms with Gasteiger partial charge in [-0.05, 0) is 31.6 Å². The SMILES string of the molecule is COC(=O)C1(C2CC2)CCCCC1. The van der Waals surface area contributed by atoms with Crippen molar-refractivity contribution in [3.8, 4) is 0 Å². The quantitative estimate of drug-likeness (QED) is 0.613. The average Bonchev–Trinajstić information content (AvgIpc) is 3.01. The van der Waals surface area contributed by atoms with Crippen LogP contribution in [0.4, 0.5) is 0 Å². The number of rotatable bonds is 2. The molecular formula is C11H18O2. The van der Waals surface area contributed by atoms with Crippen molar-refractivity contribution >= 4 is 5.97 Å². The summed E-state index contributed by atoms with van der Waals surface area (Å²) in [5.74, 6) is 0.718. The fraction of sp³-hybridized carbons (Fsp3) is 0.909. The van der Waals surface area contributed by atoms with Crippen molar-refractivity contribution in [1.82, 2.24) is 0 Å². The number of hydrogen-bond donors (Lipinski definition) is 0. The number of carbonyl (C=O) groups excluding carboxylic acids is 1. The molecule has 0 saturated heterocycles. The average molecular weight is 182 g/mol. The Bertz CT molecular complexity index is 200. The summed E-state index contributed by atoms with van der Waals surface area (Å²) in [6.45, 7) is 0. The summed E-state index contributed by atoms with van der Waals surface area (Å²) in [6, 6.07) is 0. The van der Waals surface area contributed by atoms with Crippen LogP contribution in [0.1, 0.15) is 44.9 Å². The highest BCUT2D eigenvalue weighted by Gasteiger charge is 2.51. The zero-order valence-electron chi connectivity index (χ0n) is 8.34. The van der Waals surface area contributed by atoms with E-state index in [9.17, 15) is 4.79 Å². The Morgan fingerprint density at radius 1 is 1.23 bits per heavy atom. The van der Waals surface area contributed by atoms with Crippen LogP contribution >= 0.6 is 0 Å². The molecule has 0 heterocycles. The summed E-state index contributed by atoms with van der Waals surface area (Å²) in [5, 5.41) is 0. The van der Waals surface area contributed by atoms with Crippen LogP contribution in [-0.4, -0.2) is 13.1 Å². The summed E-state index contributed by atoms with van der Waals surface area (Å²) in [5.41, 5.74) is -0.0625. The monoisotopic (exact) mass is 182 g/mol. The zero-order chi connectivity index (χ0) is 9.31. The summed E-state index contributed by atoms with van der Waals surface area (Å²) in [4.78, 5) is 11.7. The molecule has 13 heavy (non-hydrogen) atoms. The van der Waals surface area contributed by atoms with Gasteiger partial charge in [-0.1, -0.05) is 19.3 Å². The van der Waals surface area contributed by atoms with Gasteiger partial charge in [0.05, 0.1) is 12.5 Å². The van der Waals surface area contributed by atoms with E-state index in [-0.39, 0.29) is 11.4 Å². The smallest absolute Gasteiger partial charge is 0.312 e. The van der Waals surface area contributed by atoms with Gasteiger partial charge in [0, 0.05) is 0 Å². The standard InChI is InChI=1S/C11H18O2/c1-13-10(12)11(9-5-6-9)7-3-2-4-8-11/h9H,2-8H2,1H3. The van der Waals surface area contributed by atoms with Crippen LogP contribution in [0.5, 0.6) is 0 Å². The van der Waals surface area contributed by atoms with Gasteiger partial charge < -0.3 is 4.74 Å². The van der Waals surface area contributed by atoms with Gasteiger partial charge >= 0.3 is 5.97 Å². The Hall–Kier alpha value is -0.530. The molecule has 0 aromatic carbocycles. The van der Waals surface area contributed by atoms with Gasteiger partial charge in [0.1, 0.15) is 0 Å². The third-order valence-corrected chi connectivity index (χ3v) is 3.70. The van der Waals surface area contributed by atoms with E-state index >= 15 is 0 Å². The predicted molar refractivity (Wildman–Crippen MR) is 50.3 cm³/mol. The minimum atomic E-state index is -0.0625. The molecule has 0 amide bonds. The van der Waals surface area contributed by atoms with Crippen LogP contribution in [-0.2, 0) is 9.53 Å². The largest absolute Gasteiger partial charge is 0.469 e. The lowest BCUT2D eigenvalue weighted by molar-refractivity contribution is -0.156. The molecule has 2 nitrogen and oxygen atoms in total. The molecule has 0 unspecified atom stereocenters. The maximum absolute atomic E-state index is 11.7. The lowest BCUT2D eigenvalue weighted by Crippen LogP contribution is -2.36. The van der Waals surface area contributed by atoms with Crippen molar-refractivity contribution in [3.05, 3.63) is 0 Å². The summed E-state index contributed by atoms with van der Waals surface area (Å²) in [6.07, 6.45) is 8.36. The van der Waals surface area contributed by atoms with Crippen molar-refractivity contribution in [2.24, 2.45) is 11.3 Å². The van der Waals surface area contributed by atoms with E-state index in [1.807, 2.05) is 0 Å². The van der Waals surface area contributed by atoms with Gasteiger partial charge in [-0.2, -0.15) is 0 Å². The molecule has 0 aromatic heterocycles. The maximum Gasteiger partial charge on any atom is 0.312 e. The lowest BCUT2D eigenvalue weighted by atomic mass is 9.70. The molecular weight excluding hydrogens is 164 g/mol. The molecule has 0 N–H and O–H groups in total. The van der Waals surface area contributed by atoms with Crippen LogP contribution in [0.15, 0.2) is 0 Å². The highest BCUT2D eigenvalue weighted by Crippen LogP contribution is 2.54. The first-order valence-electron chi connectivity index (χ1n) is 5.38. The molecule has 0 spiro atoms. The third-order valence-electron chi connectivity index (χ3n) is 3.70. The Morgan fingerprint density at radius 3 is 2.31 bits per heavy atom. The minimum Gasteiger partial charge on any atom is -0.469 e. The zero-order valence-corrected chi connectivity index (χ0v) is 8.34. The molecule has 0 atom stereocenters. The van der Waals surface area contributed by atoms with E-state index in [1.54, 1.807) is 0 Å². The molecule has 0 bridgehead atoms. The van der Waals surface area contributed by atoms with E-state index in [4.69, 9.17) is 4.74 Å². The Morgan fingerprint density at radius 2 is 1.85 bits per heavy atom. The van der Waals surface area contributed by atoms with Crippen LogP contribution in [0.25, 0.3) is 0 Å². The molecule has 2 saturated carbocycles. The normalized spacial score (nSPS) is 26.8. The number of hydrogen-bond acceptors (Lipinski definition) is 2. The molecule has 2 rings (SSSR count). The van der Waals surface area contributed by atoms with E-state index in [2.05, 4.69) is 0 Å². The van der Waals surface area contributed by atoms with Crippen molar-refractivity contribution in [3.63, 3.8) is 0 Å². The minimum absolute atomic E-state index is 0.0625. The number of methoxy groups -OCH3 is 1. The second kappa shape index (κ2) is 3.32. The Balaban J connectivity index is 2.13. The van der Waals surface area contributed by atoms with Crippen LogP contribution < -0.4 is 0 Å². The first-order chi connectivity index (χ1) is 6.29. The van der Waals surface area contributed by atoms with Gasteiger partial charge in [0.2, 0.25) is 0 Å². The molecule has 2 aliphatic rings. The number of carbonyl (C=O) groups is 1. The van der Waals surface area contributed by atoms with Gasteiger partial charge in [0.15, 0.2) is 0 Å². The van der Waals surface area contributed by atoms with Gasteiger partial charge in [0.25, 0.3) is 0 Å². The van der Waals surface area contributed by atoms with E-state index in [0.29, 0.717) is 5.92 Å². The molecule has 0 radical (unpaired) electrons. The van der Waals surface area contributed by atoms with Crippen molar-refractivity contribution < 1.29 is 9.53 Å². The van der Waals surface area contributed by atoms with Gasteiger partial charge in [-0.25, -0.2) is 0 Å².